The summed E-state index contributed by atoms with van der Waals surface area (Å²) in [4.78, 5) is 14.1. The van der Waals surface area contributed by atoms with Crippen molar-refractivity contribution in [1.29, 1.82) is 0 Å². The molecule has 2 rings (SSSR count). The fraction of sp³-hybridized carbons (Fsp3) is 0.412. The van der Waals surface area contributed by atoms with Gasteiger partial charge >= 0.3 is 6.03 Å². The Morgan fingerprint density at radius 1 is 1.29 bits per heavy atom. The first-order valence-electron chi connectivity index (χ1n) is 7.85. The van der Waals surface area contributed by atoms with Crippen molar-refractivity contribution in [3.63, 3.8) is 0 Å². The van der Waals surface area contributed by atoms with E-state index in [0.717, 1.165) is 16.7 Å². The van der Waals surface area contributed by atoms with Crippen LogP contribution in [0.4, 0.5) is 4.79 Å². The van der Waals surface area contributed by atoms with Gasteiger partial charge in [0, 0.05) is 31.9 Å². The molecule has 0 aliphatic rings. The number of nitrogens with one attached hydrogen (secondary N) is 2. The van der Waals surface area contributed by atoms with Crippen molar-refractivity contribution in [1.82, 2.24) is 25.3 Å². The van der Waals surface area contributed by atoms with E-state index in [0.29, 0.717) is 13.1 Å². The zero-order valence-electron chi connectivity index (χ0n) is 14.4. The van der Waals surface area contributed by atoms with E-state index in [9.17, 15) is 9.90 Å². The average Bonchev–Trinajstić information content (AvgIpc) is 2.99. The zero-order valence-corrected chi connectivity index (χ0v) is 14.4. The van der Waals surface area contributed by atoms with E-state index >= 15 is 0 Å². The molecule has 130 valence electrons. The lowest BCUT2D eigenvalue weighted by Crippen LogP contribution is -2.40. The van der Waals surface area contributed by atoms with E-state index in [1.165, 1.54) is 0 Å². The Labute approximate surface area is 142 Å². The number of aliphatic hydroxyl groups excluding tert-OH is 1. The van der Waals surface area contributed by atoms with Gasteiger partial charge in [-0.25, -0.2) is 4.79 Å². The van der Waals surface area contributed by atoms with Gasteiger partial charge in [-0.2, -0.15) is 5.10 Å². The second kappa shape index (κ2) is 8.47. The van der Waals surface area contributed by atoms with Crippen LogP contribution in [0.1, 0.15) is 22.7 Å². The lowest BCUT2D eigenvalue weighted by atomic mass is 10.1. The third-order valence-corrected chi connectivity index (χ3v) is 3.92. The smallest absolute Gasteiger partial charge is 0.315 e. The van der Waals surface area contributed by atoms with Crippen LogP contribution in [0.15, 0.2) is 36.7 Å². The van der Waals surface area contributed by atoms with Crippen LogP contribution in [-0.4, -0.2) is 46.5 Å². The minimum Gasteiger partial charge on any atom is -0.392 e. The Bertz CT molecular complexity index is 669. The van der Waals surface area contributed by atoms with Crippen LogP contribution >= 0.6 is 0 Å². The summed E-state index contributed by atoms with van der Waals surface area (Å²) in [6, 6.07) is 7.31. The maximum atomic E-state index is 12.1. The molecule has 2 aromatic rings. The van der Waals surface area contributed by atoms with Crippen LogP contribution in [0.25, 0.3) is 0 Å². The minimum atomic E-state index is -0.238. The van der Waals surface area contributed by atoms with Gasteiger partial charge in [0.2, 0.25) is 0 Å². The molecular formula is C17H25N5O2. The van der Waals surface area contributed by atoms with Crippen LogP contribution in [0, 0.1) is 0 Å². The van der Waals surface area contributed by atoms with Gasteiger partial charge in [-0.05, 0) is 25.2 Å². The van der Waals surface area contributed by atoms with Gasteiger partial charge in [-0.1, -0.05) is 24.3 Å². The Balaban J connectivity index is 1.87. The van der Waals surface area contributed by atoms with Crippen molar-refractivity contribution < 1.29 is 9.90 Å². The second-order valence-electron chi connectivity index (χ2n) is 5.92. The van der Waals surface area contributed by atoms with Gasteiger partial charge in [-0.3, -0.25) is 4.68 Å². The summed E-state index contributed by atoms with van der Waals surface area (Å²) in [5.74, 6) is 0. The standard InChI is InChI=1S/C17H25N5O2/c1-21(2)16(15-9-20-22(3)11-15)10-19-17(24)18-8-13-6-4-5-7-14(13)12-23/h4-7,9,11,16,23H,8,10,12H2,1-3H3,(H2,18,19,24). The van der Waals surface area contributed by atoms with Crippen molar-refractivity contribution in [2.24, 2.45) is 7.05 Å². The monoisotopic (exact) mass is 331 g/mol. The number of nitrogens with zero attached hydrogens (tertiary/aromatic N) is 3. The summed E-state index contributed by atoms with van der Waals surface area (Å²) >= 11 is 0. The number of benzene rings is 1. The molecule has 0 aliphatic carbocycles. The van der Waals surface area contributed by atoms with Crippen LogP contribution in [0.3, 0.4) is 0 Å². The third kappa shape index (κ3) is 4.81. The van der Waals surface area contributed by atoms with Gasteiger partial charge in [-0.15, -0.1) is 0 Å². The van der Waals surface area contributed by atoms with E-state index < -0.39 is 0 Å². The molecule has 1 aromatic carbocycles. The highest BCUT2D eigenvalue weighted by molar-refractivity contribution is 5.73. The van der Waals surface area contributed by atoms with Crippen LogP contribution in [-0.2, 0) is 20.2 Å². The Hall–Kier alpha value is -2.38. The Morgan fingerprint density at radius 2 is 2.00 bits per heavy atom. The molecule has 0 saturated carbocycles. The number of carbonyl (C=O) groups is 1. The number of aryl methyl sites for hydroxylation is 1. The van der Waals surface area contributed by atoms with Crippen LogP contribution in [0.5, 0.6) is 0 Å². The summed E-state index contributed by atoms with van der Waals surface area (Å²) < 4.78 is 1.75. The van der Waals surface area contributed by atoms with E-state index in [1.807, 2.05) is 62.7 Å². The highest BCUT2D eigenvalue weighted by atomic mass is 16.3. The zero-order chi connectivity index (χ0) is 17.5. The predicted molar refractivity (Wildman–Crippen MR) is 92.2 cm³/mol. The number of rotatable bonds is 7. The molecule has 0 spiro atoms. The maximum absolute atomic E-state index is 12.1. The molecule has 24 heavy (non-hydrogen) atoms. The van der Waals surface area contributed by atoms with Crippen molar-refractivity contribution in [2.75, 3.05) is 20.6 Å². The first-order chi connectivity index (χ1) is 11.5. The molecule has 1 atom stereocenters. The molecule has 3 N–H and O–H groups in total. The fourth-order valence-corrected chi connectivity index (χ4v) is 2.52. The molecule has 0 fully saturated rings. The number of hydrogen-bond acceptors (Lipinski definition) is 4. The van der Waals surface area contributed by atoms with Crippen molar-refractivity contribution in [3.8, 4) is 0 Å². The minimum absolute atomic E-state index is 0.0385. The topological polar surface area (TPSA) is 82.4 Å². The summed E-state index contributed by atoms with van der Waals surface area (Å²) in [7, 11) is 5.80. The number of aromatic nitrogens is 2. The van der Waals surface area contributed by atoms with E-state index in [2.05, 4.69) is 15.7 Å². The number of carbonyl (C=O) groups excluding carboxylic acids is 1. The van der Waals surface area contributed by atoms with Crippen LogP contribution in [0.2, 0.25) is 0 Å². The van der Waals surface area contributed by atoms with Gasteiger partial charge in [0.15, 0.2) is 0 Å². The quantitative estimate of drug-likeness (QED) is 0.707. The molecule has 7 nitrogen and oxygen atoms in total. The highest BCUT2D eigenvalue weighted by Crippen LogP contribution is 2.16. The van der Waals surface area contributed by atoms with Gasteiger partial charge < -0.3 is 20.6 Å². The molecule has 1 unspecified atom stereocenters. The molecule has 0 aliphatic heterocycles. The third-order valence-electron chi connectivity index (χ3n) is 3.92. The maximum Gasteiger partial charge on any atom is 0.315 e. The summed E-state index contributed by atoms with van der Waals surface area (Å²) in [5, 5.41) is 19.2. The van der Waals surface area contributed by atoms with Crippen molar-refractivity contribution >= 4 is 6.03 Å². The van der Waals surface area contributed by atoms with Crippen LogP contribution < -0.4 is 10.6 Å². The summed E-state index contributed by atoms with van der Waals surface area (Å²) in [6.07, 6.45) is 3.75. The van der Waals surface area contributed by atoms with Gasteiger partial charge in [0.05, 0.1) is 18.8 Å². The molecule has 0 bridgehead atoms. The fourth-order valence-electron chi connectivity index (χ4n) is 2.52. The van der Waals surface area contributed by atoms with Gasteiger partial charge in [0.25, 0.3) is 0 Å². The molecule has 0 saturated heterocycles. The summed E-state index contributed by atoms with van der Waals surface area (Å²) in [5.41, 5.74) is 2.78. The second-order valence-corrected chi connectivity index (χ2v) is 5.92. The number of hydrogen-bond donors (Lipinski definition) is 3. The molecular weight excluding hydrogens is 306 g/mol. The normalized spacial score (nSPS) is 12.2. The number of amides is 2. The number of urea groups is 1. The van der Waals surface area contributed by atoms with Gasteiger partial charge in [0.1, 0.15) is 0 Å². The highest BCUT2D eigenvalue weighted by Gasteiger charge is 2.16. The molecule has 1 aromatic heterocycles. The summed E-state index contributed by atoms with van der Waals surface area (Å²) in [6.45, 7) is 0.817. The predicted octanol–water partition coefficient (Wildman–Crippen LogP) is 1.01. The van der Waals surface area contributed by atoms with E-state index in [1.54, 1.807) is 4.68 Å². The lowest BCUT2D eigenvalue weighted by Gasteiger charge is -2.23. The largest absolute Gasteiger partial charge is 0.392 e. The lowest BCUT2D eigenvalue weighted by molar-refractivity contribution is 0.232. The Kier molecular flexibility index (Phi) is 6.34. The average molecular weight is 331 g/mol. The molecule has 2 amide bonds. The number of likely N-dealkylation sites (N-methyl/N-ethyl adjacent to an activating group) is 1. The Morgan fingerprint density at radius 3 is 2.58 bits per heavy atom. The number of aliphatic hydroxyl groups is 1. The molecule has 1 heterocycles. The molecule has 7 heteroatoms. The SMILES string of the molecule is CN(C)C(CNC(=O)NCc1ccccc1CO)c1cnn(C)c1. The van der Waals surface area contributed by atoms with E-state index in [-0.39, 0.29) is 18.7 Å². The van der Waals surface area contributed by atoms with Crippen molar-refractivity contribution in [2.45, 2.75) is 19.2 Å². The first kappa shape index (κ1) is 18.0. The van der Waals surface area contributed by atoms with Crippen molar-refractivity contribution in [3.05, 3.63) is 53.3 Å². The first-order valence-corrected chi connectivity index (χ1v) is 7.85. The van der Waals surface area contributed by atoms with E-state index in [4.69, 9.17) is 0 Å². The molecule has 0 radical (unpaired) electrons.